The highest BCUT2D eigenvalue weighted by Gasteiger charge is 2.36. The molecule has 1 amide bonds. The van der Waals surface area contributed by atoms with Crippen molar-refractivity contribution in [3.63, 3.8) is 0 Å². The highest BCUT2D eigenvalue weighted by Crippen LogP contribution is 2.14. The van der Waals surface area contributed by atoms with Crippen LogP contribution in [0.2, 0.25) is 0 Å². The van der Waals surface area contributed by atoms with Crippen molar-refractivity contribution in [1.82, 2.24) is 9.62 Å². The summed E-state index contributed by atoms with van der Waals surface area (Å²) in [6, 6.07) is -0.752. The van der Waals surface area contributed by atoms with Crippen molar-refractivity contribution in [2.45, 2.75) is 32.2 Å². The molecule has 0 radical (unpaired) electrons. The number of sulfonamides is 1. The molecule has 0 saturated carbocycles. The van der Waals surface area contributed by atoms with Gasteiger partial charge in [0.2, 0.25) is 15.9 Å². The molecule has 1 atom stereocenters. The van der Waals surface area contributed by atoms with Gasteiger partial charge in [0.1, 0.15) is 6.04 Å². The Morgan fingerprint density at radius 2 is 2.20 bits per heavy atom. The fourth-order valence-electron chi connectivity index (χ4n) is 2.04. The SMILES string of the molecule is CCCNC(=O)C1COCCN1S(=O)(=O)CCCCN. The Morgan fingerprint density at radius 3 is 2.85 bits per heavy atom. The molecular weight excluding hydrogens is 282 g/mol. The van der Waals surface area contributed by atoms with E-state index in [1.54, 1.807) is 0 Å². The number of nitrogens with two attached hydrogens (primary N) is 1. The maximum atomic E-state index is 12.3. The summed E-state index contributed by atoms with van der Waals surface area (Å²) in [7, 11) is -3.44. The number of hydrogen-bond donors (Lipinski definition) is 2. The van der Waals surface area contributed by atoms with Gasteiger partial charge in [-0.1, -0.05) is 6.92 Å². The normalized spacial score (nSPS) is 20.8. The van der Waals surface area contributed by atoms with E-state index in [2.05, 4.69) is 5.32 Å². The van der Waals surface area contributed by atoms with Crippen molar-refractivity contribution in [1.29, 1.82) is 0 Å². The molecule has 1 rings (SSSR count). The van der Waals surface area contributed by atoms with Crippen LogP contribution in [0.25, 0.3) is 0 Å². The minimum absolute atomic E-state index is 0.0295. The van der Waals surface area contributed by atoms with E-state index in [4.69, 9.17) is 10.5 Å². The van der Waals surface area contributed by atoms with Crippen molar-refractivity contribution in [3.05, 3.63) is 0 Å². The molecule has 20 heavy (non-hydrogen) atoms. The summed E-state index contributed by atoms with van der Waals surface area (Å²) in [5.74, 6) is -0.254. The van der Waals surface area contributed by atoms with Gasteiger partial charge >= 0.3 is 0 Å². The molecule has 1 aliphatic rings. The highest BCUT2D eigenvalue weighted by molar-refractivity contribution is 7.89. The Balaban J connectivity index is 2.69. The Bertz CT molecular complexity index is 400. The number of carbonyl (C=O) groups excluding carboxylic acids is 1. The van der Waals surface area contributed by atoms with Crippen LogP contribution in [0.1, 0.15) is 26.2 Å². The van der Waals surface area contributed by atoms with E-state index < -0.39 is 16.1 Å². The number of morpholine rings is 1. The van der Waals surface area contributed by atoms with Gasteiger partial charge in [0.15, 0.2) is 0 Å². The lowest BCUT2D eigenvalue weighted by Crippen LogP contribution is -2.56. The molecule has 3 N–H and O–H groups in total. The summed E-state index contributed by atoms with van der Waals surface area (Å²) in [6.45, 7) is 3.63. The number of carbonyl (C=O) groups is 1. The van der Waals surface area contributed by atoms with Gasteiger partial charge < -0.3 is 15.8 Å². The highest BCUT2D eigenvalue weighted by atomic mass is 32.2. The second kappa shape index (κ2) is 8.56. The van der Waals surface area contributed by atoms with Gasteiger partial charge in [-0.15, -0.1) is 0 Å². The fourth-order valence-corrected chi connectivity index (χ4v) is 3.74. The quantitative estimate of drug-likeness (QED) is 0.576. The molecule has 0 bridgehead atoms. The van der Waals surface area contributed by atoms with Gasteiger partial charge in [-0.25, -0.2) is 8.42 Å². The first-order valence-electron chi connectivity index (χ1n) is 7.08. The van der Waals surface area contributed by atoms with Gasteiger partial charge in [-0.2, -0.15) is 4.31 Å². The first-order valence-corrected chi connectivity index (χ1v) is 8.69. The molecule has 0 spiro atoms. The Kier molecular flexibility index (Phi) is 7.42. The van der Waals surface area contributed by atoms with Crippen LogP contribution in [-0.2, 0) is 19.6 Å². The lowest BCUT2D eigenvalue weighted by Gasteiger charge is -2.33. The van der Waals surface area contributed by atoms with Crippen LogP contribution in [0, 0.1) is 0 Å². The zero-order valence-corrected chi connectivity index (χ0v) is 12.8. The predicted molar refractivity (Wildman–Crippen MR) is 76.7 cm³/mol. The Hall–Kier alpha value is -0.700. The van der Waals surface area contributed by atoms with Crippen LogP contribution in [0.15, 0.2) is 0 Å². The van der Waals surface area contributed by atoms with Crippen molar-refractivity contribution in [2.75, 3.05) is 38.6 Å². The van der Waals surface area contributed by atoms with Gasteiger partial charge in [-0.3, -0.25) is 4.79 Å². The standard InChI is InChI=1S/C12H25N3O4S/c1-2-6-14-12(16)11-10-19-8-7-15(11)20(17,18)9-4-3-5-13/h11H,2-10,13H2,1H3,(H,14,16). The molecule has 1 heterocycles. The topological polar surface area (TPSA) is 102 Å². The smallest absolute Gasteiger partial charge is 0.240 e. The van der Waals surface area contributed by atoms with Crippen LogP contribution in [0.3, 0.4) is 0 Å². The van der Waals surface area contributed by atoms with Gasteiger partial charge in [0.25, 0.3) is 0 Å². The summed E-state index contributed by atoms with van der Waals surface area (Å²) in [4.78, 5) is 12.0. The largest absolute Gasteiger partial charge is 0.378 e. The average Bonchev–Trinajstić information content (AvgIpc) is 2.45. The predicted octanol–water partition coefficient (Wildman–Crippen LogP) is -0.718. The third-order valence-electron chi connectivity index (χ3n) is 3.14. The second-order valence-electron chi connectivity index (χ2n) is 4.80. The molecule has 0 aromatic heterocycles. The van der Waals surface area contributed by atoms with E-state index >= 15 is 0 Å². The molecule has 8 heteroatoms. The Labute approximate surface area is 120 Å². The van der Waals surface area contributed by atoms with Crippen LogP contribution in [0.5, 0.6) is 0 Å². The van der Waals surface area contributed by atoms with Crippen molar-refractivity contribution in [3.8, 4) is 0 Å². The minimum Gasteiger partial charge on any atom is -0.378 e. The molecule has 1 fully saturated rings. The minimum atomic E-state index is -3.44. The first-order chi connectivity index (χ1) is 9.53. The molecule has 0 aromatic carbocycles. The number of hydrogen-bond acceptors (Lipinski definition) is 5. The number of nitrogens with zero attached hydrogens (tertiary/aromatic N) is 1. The first kappa shape index (κ1) is 17.4. The van der Waals surface area contributed by atoms with E-state index in [0.717, 1.165) is 6.42 Å². The second-order valence-corrected chi connectivity index (χ2v) is 6.85. The van der Waals surface area contributed by atoms with Crippen LogP contribution in [0.4, 0.5) is 0 Å². The van der Waals surface area contributed by atoms with E-state index in [-0.39, 0.29) is 24.8 Å². The van der Waals surface area contributed by atoms with Crippen LogP contribution >= 0.6 is 0 Å². The lowest BCUT2D eigenvalue weighted by molar-refractivity contribution is -0.129. The van der Waals surface area contributed by atoms with Crippen molar-refractivity contribution >= 4 is 15.9 Å². The molecular formula is C12H25N3O4S. The van der Waals surface area contributed by atoms with Gasteiger partial charge in [0.05, 0.1) is 19.0 Å². The number of rotatable bonds is 8. The average molecular weight is 307 g/mol. The third-order valence-corrected chi connectivity index (χ3v) is 5.10. The zero-order chi connectivity index (χ0) is 15.0. The molecule has 1 unspecified atom stereocenters. The third kappa shape index (κ3) is 5.01. The molecule has 7 nitrogen and oxygen atoms in total. The monoisotopic (exact) mass is 307 g/mol. The summed E-state index contributed by atoms with van der Waals surface area (Å²) in [5.41, 5.74) is 5.37. The maximum absolute atomic E-state index is 12.3. The summed E-state index contributed by atoms with van der Waals surface area (Å²) in [6.07, 6.45) is 1.98. The summed E-state index contributed by atoms with van der Waals surface area (Å²) in [5, 5.41) is 2.73. The summed E-state index contributed by atoms with van der Waals surface area (Å²) < 4.78 is 31.1. The Morgan fingerprint density at radius 1 is 1.45 bits per heavy atom. The van der Waals surface area contributed by atoms with Crippen molar-refractivity contribution in [2.24, 2.45) is 5.73 Å². The lowest BCUT2D eigenvalue weighted by atomic mass is 10.2. The summed E-state index contributed by atoms with van der Waals surface area (Å²) >= 11 is 0. The number of amides is 1. The van der Waals surface area contributed by atoms with Crippen LogP contribution in [-0.4, -0.2) is 63.3 Å². The molecule has 1 saturated heterocycles. The van der Waals surface area contributed by atoms with E-state index in [1.807, 2.05) is 6.92 Å². The molecule has 1 aliphatic heterocycles. The number of unbranched alkanes of at least 4 members (excludes halogenated alkanes) is 1. The number of nitrogens with one attached hydrogen (secondary N) is 1. The molecule has 0 aliphatic carbocycles. The molecule has 118 valence electrons. The van der Waals surface area contributed by atoms with Gasteiger partial charge in [0, 0.05) is 13.1 Å². The van der Waals surface area contributed by atoms with E-state index in [1.165, 1.54) is 4.31 Å². The maximum Gasteiger partial charge on any atom is 0.240 e. The van der Waals surface area contributed by atoms with Gasteiger partial charge in [-0.05, 0) is 25.8 Å². The fraction of sp³-hybridized carbons (Fsp3) is 0.917. The van der Waals surface area contributed by atoms with Crippen molar-refractivity contribution < 1.29 is 17.9 Å². The van der Waals surface area contributed by atoms with Crippen LogP contribution < -0.4 is 11.1 Å². The number of ether oxygens (including phenoxy) is 1. The van der Waals surface area contributed by atoms with E-state index in [0.29, 0.717) is 32.5 Å². The zero-order valence-electron chi connectivity index (χ0n) is 12.0. The van der Waals surface area contributed by atoms with E-state index in [9.17, 15) is 13.2 Å². The molecule has 0 aromatic rings.